The molecule has 0 aliphatic carbocycles. The summed E-state index contributed by atoms with van der Waals surface area (Å²) in [5, 5.41) is 121. The summed E-state index contributed by atoms with van der Waals surface area (Å²) in [6.07, 6.45) is 67.9. The Hall–Kier alpha value is -4.33. The molecule has 0 radical (unpaired) electrons. The fourth-order valence-electron chi connectivity index (χ4n) is 12.9. The van der Waals surface area contributed by atoms with Crippen LogP contribution in [0.2, 0.25) is 0 Å². The van der Waals surface area contributed by atoms with E-state index in [1.165, 1.54) is 116 Å². The normalized spacial score (nSPS) is 26.4. The number of hydrogen-bond donors (Lipinski definition) is 12. The molecular formula is C87H145NO18. The Labute approximate surface area is 638 Å². The predicted molar refractivity (Wildman–Crippen MR) is 424 cm³/mol. The van der Waals surface area contributed by atoms with Gasteiger partial charge in [0.1, 0.15) is 73.2 Å². The lowest BCUT2D eigenvalue weighted by molar-refractivity contribution is -0.379. The molecule has 106 heavy (non-hydrogen) atoms. The Bertz CT molecular complexity index is 2490. The average molecular weight is 1490 g/mol. The second-order valence-electron chi connectivity index (χ2n) is 28.5. The third-order valence-electron chi connectivity index (χ3n) is 19.4. The van der Waals surface area contributed by atoms with Gasteiger partial charge in [0.25, 0.3) is 0 Å². The molecule has 0 aromatic carbocycles. The van der Waals surface area contributed by atoms with E-state index in [4.69, 9.17) is 28.4 Å². The molecule has 3 rings (SSSR count). The van der Waals surface area contributed by atoms with Gasteiger partial charge in [-0.2, -0.15) is 0 Å². The van der Waals surface area contributed by atoms with Crippen molar-refractivity contribution >= 4 is 5.91 Å². The van der Waals surface area contributed by atoms with Gasteiger partial charge in [0, 0.05) is 6.42 Å². The molecule has 17 atom stereocenters. The largest absolute Gasteiger partial charge is 0.394 e. The van der Waals surface area contributed by atoms with Gasteiger partial charge in [0.15, 0.2) is 18.9 Å². The fraction of sp³-hybridized carbons (Fsp3) is 0.713. The van der Waals surface area contributed by atoms with E-state index in [0.717, 1.165) is 109 Å². The molecule has 19 nitrogen and oxygen atoms in total. The molecule has 1 amide bonds. The number of unbranched alkanes of at least 4 members (excludes halogenated alkanes) is 23. The number of amides is 1. The highest BCUT2D eigenvalue weighted by Gasteiger charge is 2.54. The highest BCUT2D eigenvalue weighted by molar-refractivity contribution is 5.76. The fourth-order valence-corrected chi connectivity index (χ4v) is 12.9. The van der Waals surface area contributed by atoms with E-state index in [0.29, 0.717) is 19.3 Å². The minimum Gasteiger partial charge on any atom is -0.394 e. The van der Waals surface area contributed by atoms with Crippen molar-refractivity contribution in [2.45, 2.75) is 369 Å². The second-order valence-corrected chi connectivity index (χ2v) is 28.5. The van der Waals surface area contributed by atoms with Gasteiger partial charge in [-0.05, 0) is 103 Å². The van der Waals surface area contributed by atoms with Gasteiger partial charge in [0.2, 0.25) is 5.91 Å². The molecular weight excluding hydrogens is 1350 g/mol. The van der Waals surface area contributed by atoms with Gasteiger partial charge in [0.05, 0.1) is 38.6 Å². The smallest absolute Gasteiger partial charge is 0.220 e. The molecule has 17 unspecified atom stereocenters. The molecule has 0 spiro atoms. The number of rotatable bonds is 63. The topological polar surface area (TPSA) is 307 Å². The first-order valence-electron chi connectivity index (χ1n) is 41.1. The molecule has 0 saturated carbocycles. The Morgan fingerprint density at radius 1 is 0.349 bits per heavy atom. The third kappa shape index (κ3) is 44.5. The summed E-state index contributed by atoms with van der Waals surface area (Å²) in [5.74, 6) is -0.288. The monoisotopic (exact) mass is 1490 g/mol. The first kappa shape index (κ1) is 95.9. The minimum absolute atomic E-state index is 0.202. The maximum absolute atomic E-state index is 13.5. The summed E-state index contributed by atoms with van der Waals surface area (Å²) in [5.41, 5.74) is 0. The van der Waals surface area contributed by atoms with Crippen LogP contribution in [-0.2, 0) is 33.2 Å². The van der Waals surface area contributed by atoms with Crippen molar-refractivity contribution in [3.63, 3.8) is 0 Å². The molecule has 3 saturated heterocycles. The number of hydrogen-bond acceptors (Lipinski definition) is 18. The number of carbonyl (C=O) groups excluding carboxylic acids is 1. The van der Waals surface area contributed by atoms with E-state index in [-0.39, 0.29) is 18.9 Å². The SMILES string of the molecule is CC/C=C\C/C=C\C/C=C\C/C=C\C/C=C\C/C=C\C/C=C\C/C=C\C/C=C\C/C=C\C/C=C\C/C=C\CCCCC(=O)NC(COC1OC(CO)C(OC2OC(CO)C(OC3OC(CO)C(O)C(O)C3O)C(O)C2O)C(O)C1O)C(O)CCCCCCCCCCCCCCCCCCCCCCCC. The van der Waals surface area contributed by atoms with Crippen LogP contribution in [0.3, 0.4) is 0 Å². The van der Waals surface area contributed by atoms with Crippen LogP contribution in [0.4, 0.5) is 0 Å². The van der Waals surface area contributed by atoms with Crippen LogP contribution in [0, 0.1) is 0 Å². The van der Waals surface area contributed by atoms with Crippen molar-refractivity contribution < 1.29 is 89.4 Å². The van der Waals surface area contributed by atoms with E-state index in [1.54, 1.807) is 0 Å². The summed E-state index contributed by atoms with van der Waals surface area (Å²) in [4.78, 5) is 13.5. The predicted octanol–water partition coefficient (Wildman–Crippen LogP) is 14.2. The molecule has 0 bridgehead atoms. The highest BCUT2D eigenvalue weighted by Crippen LogP contribution is 2.33. The summed E-state index contributed by atoms with van der Waals surface area (Å²) in [6, 6.07) is -0.923. The van der Waals surface area contributed by atoms with Gasteiger partial charge < -0.3 is 89.9 Å². The third-order valence-corrected chi connectivity index (χ3v) is 19.4. The van der Waals surface area contributed by atoms with Crippen LogP contribution in [0.1, 0.15) is 264 Å². The zero-order chi connectivity index (χ0) is 76.7. The van der Waals surface area contributed by atoms with Crippen LogP contribution >= 0.6 is 0 Å². The number of ether oxygens (including phenoxy) is 6. The molecule has 19 heteroatoms. The van der Waals surface area contributed by atoms with Gasteiger partial charge in [-0.15, -0.1) is 0 Å². The lowest BCUT2D eigenvalue weighted by Crippen LogP contribution is -2.66. The molecule has 3 heterocycles. The number of nitrogens with one attached hydrogen (secondary N) is 1. The summed E-state index contributed by atoms with van der Waals surface area (Å²) >= 11 is 0. The zero-order valence-corrected chi connectivity index (χ0v) is 64.9. The molecule has 12 N–H and O–H groups in total. The van der Waals surface area contributed by atoms with E-state index in [9.17, 15) is 61.0 Å². The Balaban J connectivity index is 1.38. The lowest BCUT2D eigenvalue weighted by Gasteiger charge is -2.48. The van der Waals surface area contributed by atoms with Crippen molar-refractivity contribution in [1.82, 2.24) is 5.32 Å². The molecule has 0 aromatic rings. The summed E-state index contributed by atoms with van der Waals surface area (Å²) < 4.78 is 34.5. The standard InChI is InChI=1S/C87H145NO18/c1-3-5-7-9-11-13-15-17-19-21-23-25-27-28-29-30-31-32-33-34-35-36-37-38-39-40-41-42-43-45-47-49-51-53-55-57-59-61-63-65-75(93)88-70(71(92)64-62-60-58-56-54-52-50-48-46-44-26-24-22-20-18-16-14-12-10-8-6-4-2)69-101-85-81(99)78(96)83(73(67-90)103-85)106-87-82(100)79(97)84(74(68-91)104-87)105-86-80(98)77(95)76(94)72(66-89)102-86/h5,7,11,13,17,19,23,25,28-29,31-32,34-35,37-38,40-41,43,45,49,51,55,57,70-74,76-87,89-92,94-100H,3-4,6,8-10,12,14-16,18,20-22,24,26-27,30,33,36,39,42,44,46-48,50,52-54,56,58-69H2,1-2H3,(H,88,93)/b7-5-,13-11-,19-17-,25-23-,29-28-,32-31-,35-34-,38-37-,41-40-,45-43-,51-49-,57-55-. The first-order chi connectivity index (χ1) is 51.8. The minimum atomic E-state index is -1.98. The van der Waals surface area contributed by atoms with Crippen molar-refractivity contribution in [2.75, 3.05) is 26.4 Å². The van der Waals surface area contributed by atoms with Crippen LogP contribution in [-0.4, -0.2) is 193 Å². The molecule has 0 aromatic heterocycles. The Kier molecular flexibility index (Phi) is 59.1. The maximum Gasteiger partial charge on any atom is 0.220 e. The van der Waals surface area contributed by atoms with Crippen molar-refractivity contribution in [2.24, 2.45) is 0 Å². The van der Waals surface area contributed by atoms with E-state index < -0.39 is 124 Å². The van der Waals surface area contributed by atoms with E-state index in [2.05, 4.69) is 165 Å². The van der Waals surface area contributed by atoms with Gasteiger partial charge in [-0.25, -0.2) is 0 Å². The van der Waals surface area contributed by atoms with Crippen LogP contribution in [0.25, 0.3) is 0 Å². The van der Waals surface area contributed by atoms with Gasteiger partial charge >= 0.3 is 0 Å². The van der Waals surface area contributed by atoms with Gasteiger partial charge in [-0.3, -0.25) is 4.79 Å². The van der Waals surface area contributed by atoms with Crippen LogP contribution < -0.4 is 5.32 Å². The highest BCUT2D eigenvalue weighted by atomic mass is 16.8. The quantitative estimate of drug-likeness (QED) is 0.0199. The molecule has 3 aliphatic heterocycles. The molecule has 3 aliphatic rings. The van der Waals surface area contributed by atoms with Gasteiger partial charge in [-0.1, -0.05) is 301 Å². The van der Waals surface area contributed by atoms with Crippen LogP contribution in [0.5, 0.6) is 0 Å². The van der Waals surface area contributed by atoms with Crippen molar-refractivity contribution in [3.8, 4) is 0 Å². The van der Waals surface area contributed by atoms with Crippen LogP contribution in [0.15, 0.2) is 146 Å². The number of allylic oxidation sites excluding steroid dienone is 24. The lowest BCUT2D eigenvalue weighted by atomic mass is 9.96. The molecule has 606 valence electrons. The average Bonchev–Trinajstić information content (AvgIpc) is 0.780. The second kappa shape index (κ2) is 65.4. The molecule has 3 fully saturated rings. The first-order valence-corrected chi connectivity index (χ1v) is 41.1. The Morgan fingerprint density at radius 3 is 1.00 bits per heavy atom. The zero-order valence-electron chi connectivity index (χ0n) is 64.9. The number of aliphatic hydroxyl groups is 11. The van der Waals surface area contributed by atoms with E-state index >= 15 is 0 Å². The van der Waals surface area contributed by atoms with Crippen molar-refractivity contribution in [1.29, 1.82) is 0 Å². The van der Waals surface area contributed by atoms with E-state index in [1.807, 2.05) is 0 Å². The number of carbonyl (C=O) groups is 1. The maximum atomic E-state index is 13.5. The number of aliphatic hydroxyl groups excluding tert-OH is 11. The Morgan fingerprint density at radius 2 is 0.651 bits per heavy atom. The van der Waals surface area contributed by atoms with Crippen molar-refractivity contribution in [3.05, 3.63) is 146 Å². The summed E-state index contributed by atoms with van der Waals surface area (Å²) in [6.45, 7) is 1.66. The summed E-state index contributed by atoms with van der Waals surface area (Å²) in [7, 11) is 0.